The van der Waals surface area contributed by atoms with E-state index >= 15 is 0 Å². The molecule has 0 bridgehead atoms. The van der Waals surface area contributed by atoms with Gasteiger partial charge in [-0.05, 0) is 0 Å². The first-order valence-electron chi connectivity index (χ1n) is 2.23. The van der Waals surface area contributed by atoms with Gasteiger partial charge in [-0.15, -0.1) is 0 Å². The number of hydrogen-bond donors (Lipinski definition) is 9. The van der Waals surface area contributed by atoms with Gasteiger partial charge in [0, 0.05) is 0 Å². The zero-order chi connectivity index (χ0) is 13.5. The van der Waals surface area contributed by atoms with Gasteiger partial charge < -0.3 is 101 Å². The number of rotatable bonds is 0. The van der Waals surface area contributed by atoms with Crippen LogP contribution in [0.5, 0.6) is 0 Å². The van der Waals surface area contributed by atoms with Crippen LogP contribution in [0, 0.1) is 0 Å². The summed E-state index contributed by atoms with van der Waals surface area (Å²) in [6.07, 6.45) is 0. The van der Waals surface area contributed by atoms with E-state index in [2.05, 4.69) is 0 Å². The first-order valence-corrected chi connectivity index (χ1v) is 6.68. The van der Waals surface area contributed by atoms with Gasteiger partial charge in [-0.2, -0.15) is 7.82 Å². The highest BCUT2D eigenvalue weighted by Crippen LogP contribution is 2.11. The molecule has 0 rings (SSSR count). The van der Waals surface area contributed by atoms with Crippen molar-refractivity contribution in [3.8, 4) is 0 Å². The van der Waals surface area contributed by atoms with Crippen molar-refractivity contribution >= 4 is 23.5 Å². The van der Waals surface area contributed by atoms with Crippen LogP contribution in [0.15, 0.2) is 0 Å². The molecular formula is H30N7O12P3. The van der Waals surface area contributed by atoms with Crippen LogP contribution >= 0.6 is 23.5 Å². The molecule has 0 aromatic rings. The normalized spacial score (nSPS) is 8.05. The summed E-state index contributed by atoms with van der Waals surface area (Å²) < 4.78 is 25.9. The van der Waals surface area contributed by atoms with Crippen molar-refractivity contribution in [2.75, 3.05) is 0 Å². The zero-order valence-corrected chi connectivity index (χ0v) is 16.0. The predicted molar refractivity (Wildman–Crippen MR) is 69.2 cm³/mol. The molecule has 0 aliphatic heterocycles. The van der Waals surface area contributed by atoms with Crippen LogP contribution in [-0.4, -0.2) is 9.79 Å². The first-order chi connectivity index (χ1) is 6.00. The van der Waals surface area contributed by atoms with E-state index in [0.29, 0.717) is 0 Å². The van der Waals surface area contributed by atoms with Gasteiger partial charge in [0.15, 0.2) is 0 Å². The van der Waals surface area contributed by atoms with Crippen LogP contribution in [0.3, 0.4) is 0 Å². The van der Waals surface area contributed by atoms with E-state index in [9.17, 15) is 0 Å². The molecule has 0 aromatic carbocycles. The molecule has 22 heteroatoms. The molecule has 0 fully saturated rings. The van der Waals surface area contributed by atoms with Crippen molar-refractivity contribution in [2.45, 2.75) is 0 Å². The van der Waals surface area contributed by atoms with E-state index in [1.54, 1.807) is 0 Å². The van der Waals surface area contributed by atoms with Crippen molar-refractivity contribution in [3.05, 3.63) is 0 Å². The quantitative estimate of drug-likeness (QED) is 0.169. The third kappa shape index (κ3) is 2910000. The van der Waals surface area contributed by atoms with E-state index in [1.807, 2.05) is 0 Å². The lowest BCUT2D eigenvalue weighted by atomic mass is 14.0. The lowest BCUT2D eigenvalue weighted by molar-refractivity contribution is -0.432. The summed E-state index contributed by atoms with van der Waals surface area (Å²) >= 11 is 0. The number of quaternary nitrogens is 7. The average Bonchev–Trinajstić information content (AvgIpc) is 1.41. The minimum absolute atomic E-state index is 0. The fourth-order valence-corrected chi connectivity index (χ4v) is 0. The molecule has 0 amide bonds. The summed E-state index contributed by atoms with van der Waals surface area (Å²) in [5, 5.41) is 0. The Labute approximate surface area is 125 Å². The standard InChI is InChI=1S/7H3N.3H3O4P/c;;;;;;;3*1-5(2,3)4/h7*1H3;3*(H3,1,2,3,4). The third-order valence-corrected chi connectivity index (χ3v) is 0. The topological polar surface area (TPSA) is 509 Å². The minimum atomic E-state index is -5.39. The Morgan fingerprint density at radius 2 is 0.455 bits per heavy atom. The molecule has 0 aromatic heterocycles. The van der Waals surface area contributed by atoms with E-state index < -0.39 is 23.5 Å². The van der Waals surface area contributed by atoms with Gasteiger partial charge in [0.2, 0.25) is 0 Å². The van der Waals surface area contributed by atoms with Crippen LogP contribution < -0.4 is 77.3 Å². The van der Waals surface area contributed by atoms with Crippen LogP contribution in [0.4, 0.5) is 0 Å². The molecule has 0 saturated carbocycles. The highest BCUT2D eigenvalue weighted by molar-refractivity contribution is 7.42. The molecule has 30 N–H and O–H groups in total. The average molecular weight is 413 g/mol. The Hall–Kier alpha value is 0.0500. The monoisotopic (exact) mass is 413 g/mol. The Bertz CT molecular complexity index is 217. The van der Waals surface area contributed by atoms with Gasteiger partial charge in [0.1, 0.15) is 0 Å². The molecule has 0 unspecified atom stereocenters. The third-order valence-electron chi connectivity index (χ3n) is 0. The van der Waals surface area contributed by atoms with Crippen LogP contribution in [0.2, 0.25) is 0 Å². The second kappa shape index (κ2) is 26.0. The van der Waals surface area contributed by atoms with Crippen molar-refractivity contribution < 1.29 is 57.7 Å². The summed E-state index contributed by atoms with van der Waals surface area (Å²) in [4.78, 5) is 74.2. The van der Waals surface area contributed by atoms with Gasteiger partial charge in [0.05, 0.1) is 15.6 Å². The van der Waals surface area contributed by atoms with E-state index in [1.165, 1.54) is 0 Å². The molecule has 0 radical (unpaired) electrons. The van der Waals surface area contributed by atoms with E-state index in [-0.39, 0.29) is 43.1 Å². The van der Waals surface area contributed by atoms with Crippen molar-refractivity contribution in [1.29, 1.82) is 0 Å². The zero-order valence-electron chi connectivity index (χ0n) is 13.3. The lowest BCUT2D eigenvalue weighted by Gasteiger charge is -2.36. The summed E-state index contributed by atoms with van der Waals surface area (Å²) in [5.41, 5.74) is 0. The molecule has 22 heavy (non-hydrogen) atoms. The summed E-state index contributed by atoms with van der Waals surface area (Å²) in [6, 6.07) is 0. The molecule has 19 nitrogen and oxygen atoms in total. The summed E-state index contributed by atoms with van der Waals surface area (Å²) in [7, 11) is -15.7. The predicted octanol–water partition coefficient (Wildman–Crippen LogP) is -4.58. The molecule has 0 spiro atoms. The molecule has 152 valence electrons. The Balaban J connectivity index is -0.0000000106. The summed E-state index contributed by atoms with van der Waals surface area (Å²) in [6.45, 7) is 0. The van der Waals surface area contributed by atoms with E-state index in [0.717, 1.165) is 0 Å². The maximum atomic E-state index is 8.66. The number of hydrogen-bond acceptors (Lipinski definition) is 10. The Morgan fingerprint density at radius 1 is 0.455 bits per heavy atom. The molecular weight excluding hydrogens is 383 g/mol. The summed E-state index contributed by atoms with van der Waals surface area (Å²) in [5.74, 6) is 0. The van der Waals surface area contributed by atoms with Crippen LogP contribution in [0.1, 0.15) is 0 Å². The van der Waals surface area contributed by atoms with Gasteiger partial charge in [-0.25, -0.2) is 0 Å². The second-order valence-corrected chi connectivity index (χ2v) is 4.15. The first kappa shape index (κ1) is 67.3. The lowest BCUT2D eigenvalue weighted by Crippen LogP contribution is -2.24. The van der Waals surface area contributed by atoms with Gasteiger partial charge in [-0.3, -0.25) is 0 Å². The Kier molecular flexibility index (Phi) is 79.4. The molecule has 0 aliphatic carbocycles. The maximum absolute atomic E-state index is 8.66. The van der Waals surface area contributed by atoms with Crippen LogP contribution in [-0.2, 0) is 13.7 Å². The maximum Gasteiger partial charge on any atom is 0.0557 e. The smallest absolute Gasteiger partial charge is 0.0557 e. The number of phosphoric acid groups is 3. The fraction of sp³-hybridized carbons (Fsp3) is 0. The fourth-order valence-electron chi connectivity index (χ4n) is 0. The van der Waals surface area contributed by atoms with Crippen LogP contribution in [0.25, 0.3) is 0 Å². The van der Waals surface area contributed by atoms with Gasteiger partial charge >= 0.3 is 0 Å². The van der Waals surface area contributed by atoms with E-state index in [4.69, 9.17) is 57.7 Å². The van der Waals surface area contributed by atoms with Crippen molar-refractivity contribution in [2.24, 2.45) is 0 Å². The second-order valence-electron chi connectivity index (χ2n) is 1.38. The Morgan fingerprint density at radius 3 is 0.455 bits per heavy atom. The molecule has 0 saturated heterocycles. The van der Waals surface area contributed by atoms with Gasteiger partial charge in [0.25, 0.3) is 0 Å². The largest absolute Gasteiger partial charge is 0.822 e. The van der Waals surface area contributed by atoms with Gasteiger partial charge in [-0.1, -0.05) is 0 Å². The highest BCUT2D eigenvalue weighted by atomic mass is 31.2. The molecule has 0 heterocycles. The van der Waals surface area contributed by atoms with Crippen molar-refractivity contribution in [3.63, 3.8) is 0 Å². The molecule has 0 atom stereocenters. The van der Waals surface area contributed by atoms with Crippen molar-refractivity contribution in [1.82, 2.24) is 43.1 Å². The molecule has 0 aliphatic rings. The minimum Gasteiger partial charge on any atom is -0.822 e. The highest BCUT2D eigenvalue weighted by Gasteiger charge is 1.64. The SMILES string of the molecule is O=P([O-])([O-])O.O=P([O-])([O-])O.O=P([O-])([O-])[O-].[NH4+].[NH4+].[NH4+].[NH4+].[NH4+].[NH4+].[NH4+].